The molecule has 1 heterocycles. The van der Waals surface area contributed by atoms with Crippen molar-refractivity contribution in [2.24, 2.45) is 0 Å². The Morgan fingerprint density at radius 1 is 1.31 bits per heavy atom. The van der Waals surface area contributed by atoms with E-state index in [9.17, 15) is 5.11 Å². The molecule has 0 aliphatic carbocycles. The molecule has 0 amide bonds. The Bertz CT molecular complexity index is 319. The molecule has 1 aliphatic heterocycles. The zero-order valence-corrected chi connectivity index (χ0v) is 10.0. The quantitative estimate of drug-likeness (QED) is 0.840. The molecular weight excluding hydrogens is 198 g/mol. The largest absolute Gasteiger partial charge is 0.394 e. The van der Waals surface area contributed by atoms with Crippen molar-refractivity contribution < 1.29 is 5.11 Å². The lowest BCUT2D eigenvalue weighted by Crippen LogP contribution is -2.45. The van der Waals surface area contributed by atoms with Gasteiger partial charge in [0, 0.05) is 12.1 Å². The van der Waals surface area contributed by atoms with Crippen LogP contribution in [0.25, 0.3) is 0 Å². The maximum Gasteiger partial charge on any atom is 0.0615 e. The molecule has 0 spiro atoms. The number of nitrogens with zero attached hydrogens (tertiary/aromatic N) is 1. The van der Waals surface area contributed by atoms with Crippen LogP contribution in [0.1, 0.15) is 31.7 Å². The van der Waals surface area contributed by atoms with E-state index in [0.29, 0.717) is 0 Å². The van der Waals surface area contributed by atoms with E-state index < -0.39 is 0 Å². The lowest BCUT2D eigenvalue weighted by molar-refractivity contribution is 0.0549. The van der Waals surface area contributed by atoms with Crippen LogP contribution in [0.15, 0.2) is 30.3 Å². The summed E-state index contributed by atoms with van der Waals surface area (Å²) in [5.74, 6) is 0. The molecule has 0 radical (unpaired) electrons. The summed E-state index contributed by atoms with van der Waals surface area (Å²) in [7, 11) is 0. The molecule has 0 bridgehead atoms. The van der Waals surface area contributed by atoms with Crippen LogP contribution in [0, 0.1) is 0 Å². The van der Waals surface area contributed by atoms with Gasteiger partial charge in [-0.15, -0.1) is 0 Å². The highest BCUT2D eigenvalue weighted by Gasteiger charge is 2.38. The highest BCUT2D eigenvalue weighted by molar-refractivity contribution is 5.15. The van der Waals surface area contributed by atoms with Gasteiger partial charge in [0.05, 0.1) is 6.61 Å². The summed E-state index contributed by atoms with van der Waals surface area (Å²) >= 11 is 0. The summed E-state index contributed by atoms with van der Waals surface area (Å²) in [5, 5.41) is 9.62. The Morgan fingerprint density at radius 2 is 2.06 bits per heavy atom. The van der Waals surface area contributed by atoms with Gasteiger partial charge in [-0.1, -0.05) is 37.3 Å². The summed E-state index contributed by atoms with van der Waals surface area (Å²) in [6.45, 7) is 4.55. The van der Waals surface area contributed by atoms with Crippen molar-refractivity contribution in [1.29, 1.82) is 0 Å². The zero-order chi connectivity index (χ0) is 11.4. The van der Waals surface area contributed by atoms with Crippen LogP contribution in [-0.4, -0.2) is 28.7 Å². The minimum atomic E-state index is 0.0375. The number of hydrogen-bond donors (Lipinski definition) is 1. The molecule has 1 fully saturated rings. The summed E-state index contributed by atoms with van der Waals surface area (Å²) in [5.41, 5.74) is 1.38. The van der Waals surface area contributed by atoms with E-state index in [2.05, 4.69) is 36.1 Å². The van der Waals surface area contributed by atoms with Gasteiger partial charge < -0.3 is 5.11 Å². The van der Waals surface area contributed by atoms with E-state index in [4.69, 9.17) is 0 Å². The van der Waals surface area contributed by atoms with Crippen molar-refractivity contribution in [2.75, 3.05) is 13.2 Å². The third-order valence-electron chi connectivity index (χ3n) is 3.91. The second-order valence-corrected chi connectivity index (χ2v) is 4.75. The second kappa shape index (κ2) is 4.98. The average molecular weight is 219 g/mol. The molecule has 2 heteroatoms. The van der Waals surface area contributed by atoms with Gasteiger partial charge in [-0.3, -0.25) is 4.90 Å². The van der Waals surface area contributed by atoms with Crippen molar-refractivity contribution in [3.05, 3.63) is 35.9 Å². The molecule has 1 N–H and O–H groups in total. The van der Waals surface area contributed by atoms with Crippen LogP contribution in [0.3, 0.4) is 0 Å². The molecule has 0 unspecified atom stereocenters. The van der Waals surface area contributed by atoms with Gasteiger partial charge in [0.15, 0.2) is 0 Å². The van der Waals surface area contributed by atoms with Crippen molar-refractivity contribution in [3.8, 4) is 0 Å². The first kappa shape index (κ1) is 11.6. The molecule has 1 atom stereocenters. The maximum absolute atomic E-state index is 9.62. The number of rotatable bonds is 4. The Hall–Kier alpha value is -0.860. The molecule has 1 aromatic carbocycles. The Labute approximate surface area is 97.9 Å². The third kappa shape index (κ3) is 2.13. The van der Waals surface area contributed by atoms with Gasteiger partial charge in [-0.2, -0.15) is 0 Å². The first-order valence-corrected chi connectivity index (χ1v) is 6.20. The third-order valence-corrected chi connectivity index (χ3v) is 3.91. The summed E-state index contributed by atoms with van der Waals surface area (Å²) in [6.07, 6.45) is 3.38. The van der Waals surface area contributed by atoms with Gasteiger partial charge in [0.25, 0.3) is 0 Å². The minimum Gasteiger partial charge on any atom is -0.394 e. The summed E-state index contributed by atoms with van der Waals surface area (Å²) in [4.78, 5) is 2.45. The fourth-order valence-electron chi connectivity index (χ4n) is 2.74. The predicted molar refractivity (Wildman–Crippen MR) is 66.2 cm³/mol. The number of aliphatic hydroxyl groups is 1. The lowest BCUT2D eigenvalue weighted by atomic mass is 9.93. The SMILES string of the molecule is CC[C@@]1(CO)CCCN1Cc1ccccc1. The van der Waals surface area contributed by atoms with E-state index in [1.54, 1.807) is 0 Å². The van der Waals surface area contributed by atoms with Crippen LogP contribution >= 0.6 is 0 Å². The van der Waals surface area contributed by atoms with Crippen molar-refractivity contribution in [1.82, 2.24) is 4.90 Å². The Kier molecular flexibility index (Phi) is 3.62. The van der Waals surface area contributed by atoms with Crippen LogP contribution in [0.4, 0.5) is 0 Å². The van der Waals surface area contributed by atoms with Gasteiger partial charge in [-0.25, -0.2) is 0 Å². The number of aliphatic hydroxyl groups excluding tert-OH is 1. The van der Waals surface area contributed by atoms with Crippen LogP contribution in [-0.2, 0) is 6.54 Å². The zero-order valence-electron chi connectivity index (χ0n) is 10.0. The van der Waals surface area contributed by atoms with Crippen molar-refractivity contribution in [2.45, 2.75) is 38.3 Å². The molecule has 1 saturated heterocycles. The van der Waals surface area contributed by atoms with Crippen LogP contribution < -0.4 is 0 Å². The van der Waals surface area contributed by atoms with E-state index in [0.717, 1.165) is 25.9 Å². The second-order valence-electron chi connectivity index (χ2n) is 4.75. The number of likely N-dealkylation sites (tertiary alicyclic amines) is 1. The van der Waals surface area contributed by atoms with Gasteiger partial charge in [0.1, 0.15) is 0 Å². The maximum atomic E-state index is 9.62. The molecule has 1 aromatic rings. The highest BCUT2D eigenvalue weighted by Crippen LogP contribution is 2.33. The lowest BCUT2D eigenvalue weighted by Gasteiger charge is -2.36. The molecule has 0 saturated carbocycles. The van der Waals surface area contributed by atoms with E-state index in [1.165, 1.54) is 12.0 Å². The van der Waals surface area contributed by atoms with Crippen molar-refractivity contribution >= 4 is 0 Å². The average Bonchev–Trinajstić information content (AvgIpc) is 2.74. The van der Waals surface area contributed by atoms with Crippen LogP contribution in [0.2, 0.25) is 0 Å². The van der Waals surface area contributed by atoms with E-state index >= 15 is 0 Å². The minimum absolute atomic E-state index is 0.0375. The monoisotopic (exact) mass is 219 g/mol. The van der Waals surface area contributed by atoms with Crippen molar-refractivity contribution in [3.63, 3.8) is 0 Å². The van der Waals surface area contributed by atoms with E-state index in [1.807, 2.05) is 6.07 Å². The van der Waals surface area contributed by atoms with Gasteiger partial charge in [-0.05, 0) is 31.4 Å². The first-order chi connectivity index (χ1) is 7.80. The summed E-state index contributed by atoms with van der Waals surface area (Å²) < 4.78 is 0. The highest BCUT2D eigenvalue weighted by atomic mass is 16.3. The normalized spacial score (nSPS) is 26.1. The fourth-order valence-corrected chi connectivity index (χ4v) is 2.74. The van der Waals surface area contributed by atoms with Crippen LogP contribution in [0.5, 0.6) is 0 Å². The number of hydrogen-bond acceptors (Lipinski definition) is 2. The smallest absolute Gasteiger partial charge is 0.0615 e. The Morgan fingerprint density at radius 3 is 2.69 bits per heavy atom. The molecule has 2 rings (SSSR count). The molecular formula is C14H21NO. The Balaban J connectivity index is 2.09. The molecule has 88 valence electrons. The molecule has 0 aromatic heterocycles. The topological polar surface area (TPSA) is 23.5 Å². The molecule has 16 heavy (non-hydrogen) atoms. The van der Waals surface area contributed by atoms with E-state index in [-0.39, 0.29) is 12.1 Å². The van der Waals surface area contributed by atoms with Gasteiger partial charge in [0.2, 0.25) is 0 Å². The molecule has 1 aliphatic rings. The number of benzene rings is 1. The standard InChI is InChI=1S/C14H21NO/c1-2-14(12-16)9-6-10-15(14)11-13-7-4-3-5-8-13/h3-5,7-8,16H,2,6,9-12H2,1H3/t14-/m0/s1. The first-order valence-electron chi connectivity index (χ1n) is 6.20. The van der Waals surface area contributed by atoms with Gasteiger partial charge >= 0.3 is 0 Å². The fraction of sp³-hybridized carbons (Fsp3) is 0.571. The predicted octanol–water partition coefficient (Wildman–Crippen LogP) is 2.42. The summed E-state index contributed by atoms with van der Waals surface area (Å²) in [6, 6.07) is 10.5. The molecule has 2 nitrogen and oxygen atoms in total.